The van der Waals surface area contributed by atoms with Gasteiger partial charge in [-0.2, -0.15) is 0 Å². The molecule has 1 aromatic heterocycles. The van der Waals surface area contributed by atoms with E-state index in [0.717, 1.165) is 37.2 Å². The Morgan fingerprint density at radius 1 is 1.12 bits per heavy atom. The highest BCUT2D eigenvalue weighted by Gasteiger charge is 2.29. The smallest absolute Gasteiger partial charge is 0.257 e. The predicted molar refractivity (Wildman–Crippen MR) is 129 cm³/mol. The summed E-state index contributed by atoms with van der Waals surface area (Å²) in [6.07, 6.45) is 4.61. The van der Waals surface area contributed by atoms with Crippen LogP contribution in [0.4, 0.5) is 10.1 Å². The Bertz CT molecular complexity index is 1070. The number of fused-ring (bicyclic) bond motifs is 1. The zero-order chi connectivity index (χ0) is 24.4. The molecule has 8 heteroatoms. The second kappa shape index (κ2) is 10.2. The molecule has 0 saturated heterocycles. The van der Waals surface area contributed by atoms with Gasteiger partial charge in [0.2, 0.25) is 5.91 Å². The zero-order valence-corrected chi connectivity index (χ0v) is 20.6. The van der Waals surface area contributed by atoms with Crippen LogP contribution in [0.3, 0.4) is 0 Å². The van der Waals surface area contributed by atoms with Crippen molar-refractivity contribution < 1.29 is 14.0 Å². The van der Waals surface area contributed by atoms with Crippen LogP contribution in [0.5, 0.6) is 0 Å². The molecule has 4 rings (SSSR count). The van der Waals surface area contributed by atoms with E-state index in [1.54, 1.807) is 22.1 Å². The lowest BCUT2D eigenvalue weighted by molar-refractivity contribution is -0.116. The van der Waals surface area contributed by atoms with E-state index >= 15 is 0 Å². The molecule has 0 N–H and O–H groups in total. The molecule has 2 amide bonds. The zero-order valence-electron chi connectivity index (χ0n) is 20.6. The predicted octanol–water partition coefficient (Wildman–Crippen LogP) is 3.91. The Kier molecular flexibility index (Phi) is 7.26. The van der Waals surface area contributed by atoms with Gasteiger partial charge in [-0.15, -0.1) is 0 Å². The first-order valence-electron chi connectivity index (χ1n) is 12.2. The molecular formula is C26H34FN5O2. The third kappa shape index (κ3) is 5.43. The SMILES string of the molecule is CC(=O)N1CCCN(C(C)C)CCN(C(=O)c2cnc(C3CC3)nc2C)Cc2ccc(F)cc21. The third-order valence-electron chi connectivity index (χ3n) is 6.75. The van der Waals surface area contributed by atoms with E-state index < -0.39 is 5.82 Å². The Morgan fingerprint density at radius 2 is 1.88 bits per heavy atom. The fourth-order valence-electron chi connectivity index (χ4n) is 4.54. The number of halogens is 1. The first-order chi connectivity index (χ1) is 16.2. The van der Waals surface area contributed by atoms with Crippen LogP contribution in [0, 0.1) is 12.7 Å². The Balaban J connectivity index is 1.70. The van der Waals surface area contributed by atoms with Crippen LogP contribution in [-0.2, 0) is 11.3 Å². The van der Waals surface area contributed by atoms with Gasteiger partial charge in [0.15, 0.2) is 0 Å². The van der Waals surface area contributed by atoms with Crippen molar-refractivity contribution in [3.8, 4) is 0 Å². The number of aryl methyl sites for hydroxylation is 1. The molecule has 2 aliphatic rings. The molecule has 0 unspecified atom stereocenters. The van der Waals surface area contributed by atoms with Gasteiger partial charge in [0.05, 0.1) is 16.9 Å². The number of aromatic nitrogens is 2. The van der Waals surface area contributed by atoms with Crippen molar-refractivity contribution in [1.29, 1.82) is 0 Å². The van der Waals surface area contributed by atoms with Crippen LogP contribution in [0.15, 0.2) is 24.4 Å². The maximum Gasteiger partial charge on any atom is 0.257 e. The largest absolute Gasteiger partial charge is 0.333 e. The summed E-state index contributed by atoms with van der Waals surface area (Å²) >= 11 is 0. The van der Waals surface area contributed by atoms with Gasteiger partial charge in [0, 0.05) is 57.8 Å². The number of anilines is 1. The molecule has 0 bridgehead atoms. The van der Waals surface area contributed by atoms with E-state index in [-0.39, 0.29) is 18.4 Å². The molecule has 2 aromatic rings. The van der Waals surface area contributed by atoms with Crippen LogP contribution in [-0.4, -0.2) is 63.8 Å². The molecule has 0 radical (unpaired) electrons. The molecule has 0 spiro atoms. The van der Waals surface area contributed by atoms with Crippen LogP contribution < -0.4 is 4.90 Å². The lowest BCUT2D eigenvalue weighted by atomic mass is 10.1. The van der Waals surface area contributed by atoms with E-state index in [1.165, 1.54) is 19.1 Å². The maximum atomic E-state index is 14.2. The van der Waals surface area contributed by atoms with Crippen molar-refractivity contribution in [2.24, 2.45) is 0 Å². The highest BCUT2D eigenvalue weighted by Crippen LogP contribution is 2.38. The average Bonchev–Trinajstić information content (AvgIpc) is 3.63. The van der Waals surface area contributed by atoms with Crippen molar-refractivity contribution in [1.82, 2.24) is 19.8 Å². The minimum Gasteiger partial charge on any atom is -0.333 e. The van der Waals surface area contributed by atoms with E-state index in [1.807, 2.05) is 6.92 Å². The molecule has 1 aliphatic carbocycles. The van der Waals surface area contributed by atoms with E-state index in [2.05, 4.69) is 28.7 Å². The van der Waals surface area contributed by atoms with Gasteiger partial charge in [-0.25, -0.2) is 14.4 Å². The number of nitrogens with zero attached hydrogens (tertiary/aromatic N) is 5. The molecule has 1 aromatic carbocycles. The fraction of sp³-hybridized carbons (Fsp3) is 0.538. The second-order valence-electron chi connectivity index (χ2n) is 9.66. The highest BCUT2D eigenvalue weighted by molar-refractivity contribution is 5.95. The lowest BCUT2D eigenvalue weighted by Crippen LogP contribution is -2.41. The molecule has 1 saturated carbocycles. The Morgan fingerprint density at radius 3 is 2.53 bits per heavy atom. The van der Waals surface area contributed by atoms with Crippen molar-refractivity contribution in [3.05, 3.63) is 52.9 Å². The van der Waals surface area contributed by atoms with Crippen LogP contribution in [0.2, 0.25) is 0 Å². The van der Waals surface area contributed by atoms with Gasteiger partial charge >= 0.3 is 0 Å². The number of carbonyl (C=O) groups excluding carboxylic acids is 2. The molecule has 1 fully saturated rings. The number of hydrogen-bond donors (Lipinski definition) is 0. The molecular weight excluding hydrogens is 433 g/mol. The van der Waals surface area contributed by atoms with E-state index in [0.29, 0.717) is 48.5 Å². The molecule has 182 valence electrons. The topological polar surface area (TPSA) is 69.6 Å². The normalized spacial score (nSPS) is 17.9. The quantitative estimate of drug-likeness (QED) is 0.685. The molecule has 0 atom stereocenters. The lowest BCUT2D eigenvalue weighted by Gasteiger charge is -2.30. The van der Waals surface area contributed by atoms with Gasteiger partial charge in [-0.05, 0) is 57.7 Å². The summed E-state index contributed by atoms with van der Waals surface area (Å²) in [6, 6.07) is 4.76. The molecule has 1 aliphatic heterocycles. The fourth-order valence-corrected chi connectivity index (χ4v) is 4.54. The van der Waals surface area contributed by atoms with Crippen molar-refractivity contribution in [2.75, 3.05) is 31.1 Å². The Labute approximate surface area is 201 Å². The van der Waals surface area contributed by atoms with E-state index in [4.69, 9.17) is 0 Å². The summed E-state index contributed by atoms with van der Waals surface area (Å²) in [4.78, 5) is 41.0. The molecule has 2 heterocycles. The summed E-state index contributed by atoms with van der Waals surface area (Å²) in [5.41, 5.74) is 2.44. The monoisotopic (exact) mass is 467 g/mol. The van der Waals surface area contributed by atoms with Gasteiger partial charge in [-0.3, -0.25) is 14.5 Å². The van der Waals surface area contributed by atoms with Gasteiger partial charge in [-0.1, -0.05) is 6.07 Å². The molecule has 7 nitrogen and oxygen atoms in total. The minimum atomic E-state index is -0.401. The molecule has 34 heavy (non-hydrogen) atoms. The van der Waals surface area contributed by atoms with Crippen LogP contribution in [0.1, 0.15) is 73.4 Å². The Hall–Kier alpha value is -2.87. The summed E-state index contributed by atoms with van der Waals surface area (Å²) in [6.45, 7) is 10.4. The highest BCUT2D eigenvalue weighted by atomic mass is 19.1. The number of benzene rings is 1. The minimum absolute atomic E-state index is 0.139. The standard InChI is InChI=1S/C26H34FN5O2/c1-17(2)30-10-5-11-32(19(4)33)24-14-22(27)9-8-21(24)16-31(13-12-30)26(34)23-15-28-25(20-6-7-20)29-18(23)3/h8-9,14-15,17,20H,5-7,10-13,16H2,1-4H3. The first kappa shape index (κ1) is 24.3. The van der Waals surface area contributed by atoms with Crippen molar-refractivity contribution in [3.63, 3.8) is 0 Å². The maximum absolute atomic E-state index is 14.2. The van der Waals surface area contributed by atoms with Crippen molar-refractivity contribution in [2.45, 2.75) is 65.5 Å². The number of carbonyl (C=O) groups is 2. The summed E-state index contributed by atoms with van der Waals surface area (Å²) in [5.74, 6) is 0.545. The van der Waals surface area contributed by atoms with Gasteiger partial charge in [0.1, 0.15) is 11.6 Å². The van der Waals surface area contributed by atoms with Crippen LogP contribution in [0.25, 0.3) is 0 Å². The van der Waals surface area contributed by atoms with Gasteiger partial charge in [0.25, 0.3) is 5.91 Å². The summed E-state index contributed by atoms with van der Waals surface area (Å²) in [7, 11) is 0. The van der Waals surface area contributed by atoms with Crippen LogP contribution >= 0.6 is 0 Å². The van der Waals surface area contributed by atoms with E-state index in [9.17, 15) is 14.0 Å². The second-order valence-corrected chi connectivity index (χ2v) is 9.66. The first-order valence-corrected chi connectivity index (χ1v) is 12.2. The van der Waals surface area contributed by atoms with Gasteiger partial charge < -0.3 is 9.80 Å². The summed E-state index contributed by atoms with van der Waals surface area (Å²) in [5, 5.41) is 0. The number of rotatable bonds is 3. The third-order valence-corrected chi connectivity index (χ3v) is 6.75. The number of amides is 2. The average molecular weight is 468 g/mol. The van der Waals surface area contributed by atoms with Crippen molar-refractivity contribution >= 4 is 17.5 Å². The summed E-state index contributed by atoms with van der Waals surface area (Å²) < 4.78 is 14.2. The number of hydrogen-bond acceptors (Lipinski definition) is 5.